The molecule has 6 heteroatoms. The van der Waals surface area contributed by atoms with E-state index >= 15 is 0 Å². The van der Waals surface area contributed by atoms with Crippen molar-refractivity contribution in [2.45, 2.75) is 456 Å². The van der Waals surface area contributed by atoms with Crippen molar-refractivity contribution >= 4 is 11.9 Å². The van der Waals surface area contributed by atoms with E-state index in [1.54, 1.807) is 6.08 Å². The topological polar surface area (TPSA) is 95.9 Å². The number of aliphatic hydroxyl groups is 2. The van der Waals surface area contributed by atoms with Crippen molar-refractivity contribution < 1.29 is 24.5 Å². The minimum atomic E-state index is -0.845. The molecule has 0 radical (unpaired) electrons. The molecule has 3 N–H and O–H groups in total. The van der Waals surface area contributed by atoms with Gasteiger partial charge in [-0.1, -0.05) is 398 Å². The van der Waals surface area contributed by atoms with Crippen LogP contribution in [0.25, 0.3) is 0 Å². The van der Waals surface area contributed by atoms with Gasteiger partial charge in [-0.05, 0) is 57.8 Å². The molecule has 0 aromatic heterocycles. The second-order valence-electron chi connectivity index (χ2n) is 27.0. The predicted molar refractivity (Wildman–Crippen MR) is 375 cm³/mol. The van der Waals surface area contributed by atoms with Crippen molar-refractivity contribution in [1.29, 1.82) is 0 Å². The van der Waals surface area contributed by atoms with E-state index in [0.717, 1.165) is 38.5 Å². The van der Waals surface area contributed by atoms with Gasteiger partial charge in [0.05, 0.1) is 25.4 Å². The summed E-state index contributed by atoms with van der Waals surface area (Å²) >= 11 is 0. The summed E-state index contributed by atoms with van der Waals surface area (Å²) < 4.78 is 5.49. The number of amides is 1. The van der Waals surface area contributed by atoms with Gasteiger partial charge < -0.3 is 20.3 Å². The summed E-state index contributed by atoms with van der Waals surface area (Å²) in [5.74, 6) is -0.0418. The zero-order chi connectivity index (χ0) is 61.3. The summed E-state index contributed by atoms with van der Waals surface area (Å²) in [5.41, 5.74) is 0. The van der Waals surface area contributed by atoms with Crippen LogP contribution in [0.3, 0.4) is 0 Å². The highest BCUT2D eigenvalue weighted by molar-refractivity contribution is 5.76. The highest BCUT2D eigenvalue weighted by Gasteiger charge is 2.18. The smallest absolute Gasteiger partial charge is 0.305 e. The first-order chi connectivity index (χ1) is 42.0. The quantitative estimate of drug-likeness (QED) is 0.0320. The fourth-order valence-corrected chi connectivity index (χ4v) is 12.5. The Morgan fingerprint density at radius 1 is 0.318 bits per heavy atom. The van der Waals surface area contributed by atoms with Gasteiger partial charge in [0.1, 0.15) is 0 Å². The number of aliphatic hydroxyl groups excluding tert-OH is 2. The van der Waals surface area contributed by atoms with Gasteiger partial charge in [0, 0.05) is 12.8 Å². The van der Waals surface area contributed by atoms with Crippen molar-refractivity contribution in [3.05, 3.63) is 24.3 Å². The van der Waals surface area contributed by atoms with Crippen LogP contribution in [0.5, 0.6) is 0 Å². The number of hydrogen-bond acceptors (Lipinski definition) is 5. The zero-order valence-electron chi connectivity index (χ0n) is 57.9. The highest BCUT2D eigenvalue weighted by Crippen LogP contribution is 2.20. The average molecular weight is 1200 g/mol. The van der Waals surface area contributed by atoms with Crippen LogP contribution in [0.4, 0.5) is 0 Å². The average Bonchev–Trinajstić information content (AvgIpc) is 3.53. The Morgan fingerprint density at radius 3 is 0.835 bits per heavy atom. The van der Waals surface area contributed by atoms with Gasteiger partial charge in [-0.2, -0.15) is 0 Å². The molecule has 0 heterocycles. The van der Waals surface area contributed by atoms with E-state index in [1.165, 1.54) is 379 Å². The Balaban J connectivity index is 3.39. The van der Waals surface area contributed by atoms with Crippen molar-refractivity contribution in [1.82, 2.24) is 5.32 Å². The summed E-state index contributed by atoms with van der Waals surface area (Å²) in [5, 5.41) is 23.3. The van der Waals surface area contributed by atoms with Gasteiger partial charge in [-0.3, -0.25) is 9.59 Å². The minimum absolute atomic E-state index is 0.0193. The van der Waals surface area contributed by atoms with E-state index in [-0.39, 0.29) is 18.5 Å². The van der Waals surface area contributed by atoms with Crippen LogP contribution in [-0.4, -0.2) is 47.4 Å². The number of allylic oxidation sites excluding steroid dienone is 3. The van der Waals surface area contributed by atoms with Crippen LogP contribution in [0, 0.1) is 0 Å². The van der Waals surface area contributed by atoms with Gasteiger partial charge in [0.15, 0.2) is 0 Å². The van der Waals surface area contributed by atoms with Crippen LogP contribution in [-0.2, 0) is 14.3 Å². The van der Waals surface area contributed by atoms with E-state index in [9.17, 15) is 19.8 Å². The molecule has 85 heavy (non-hydrogen) atoms. The number of carbonyl (C=O) groups is 2. The van der Waals surface area contributed by atoms with Gasteiger partial charge in [0.2, 0.25) is 5.91 Å². The van der Waals surface area contributed by atoms with Crippen LogP contribution >= 0.6 is 0 Å². The van der Waals surface area contributed by atoms with Gasteiger partial charge in [-0.15, -0.1) is 0 Å². The molecule has 0 bridgehead atoms. The first-order valence-corrected chi connectivity index (χ1v) is 39.1. The second kappa shape index (κ2) is 74.8. The van der Waals surface area contributed by atoms with Crippen molar-refractivity contribution in [3.8, 4) is 0 Å². The Labute approximate surface area is 532 Å². The van der Waals surface area contributed by atoms with Crippen molar-refractivity contribution in [2.24, 2.45) is 0 Å². The molecule has 1 amide bonds. The fourth-order valence-electron chi connectivity index (χ4n) is 12.5. The summed E-state index contributed by atoms with van der Waals surface area (Å²) in [6.07, 6.45) is 95.8. The lowest BCUT2D eigenvalue weighted by Gasteiger charge is -2.20. The molecule has 0 aromatic rings. The summed E-state index contributed by atoms with van der Waals surface area (Å²) in [7, 11) is 0. The zero-order valence-corrected chi connectivity index (χ0v) is 57.9. The number of esters is 1. The Bertz CT molecular complexity index is 1330. The number of nitrogens with one attached hydrogen (secondary N) is 1. The molecule has 6 nitrogen and oxygen atoms in total. The van der Waals surface area contributed by atoms with Crippen LogP contribution in [0.2, 0.25) is 0 Å². The summed E-state index contributed by atoms with van der Waals surface area (Å²) in [6, 6.07) is -0.628. The third-order valence-corrected chi connectivity index (χ3v) is 18.5. The second-order valence-corrected chi connectivity index (χ2v) is 27.0. The third-order valence-electron chi connectivity index (χ3n) is 18.5. The Kier molecular flexibility index (Phi) is 73.3. The lowest BCUT2D eigenvalue weighted by molar-refractivity contribution is -0.143. The standard InChI is InChI=1S/C79H153NO5/c1-3-5-7-9-11-13-15-17-18-19-20-21-22-29-32-35-38-41-44-48-51-55-59-63-67-71-77(82)76(75-81)80-78(83)72-68-64-60-56-52-49-45-42-39-36-33-30-27-25-23-24-26-28-31-34-37-40-43-46-50-54-58-62-66-70-74-85-79(84)73-69-65-61-57-53-47-16-14-12-10-8-6-4-2/h24,26,67,71,76-77,81-82H,3-23,25,27-66,68-70,72-75H2,1-2H3,(H,80,83)/b26-24-,71-67+. The molecule has 0 aliphatic rings. The highest BCUT2D eigenvalue weighted by atomic mass is 16.5. The third kappa shape index (κ3) is 71.3. The molecule has 2 unspecified atom stereocenters. The minimum Gasteiger partial charge on any atom is -0.466 e. The molecule has 0 saturated carbocycles. The number of hydrogen-bond donors (Lipinski definition) is 3. The van der Waals surface area contributed by atoms with E-state index in [4.69, 9.17) is 4.74 Å². The van der Waals surface area contributed by atoms with Crippen molar-refractivity contribution in [3.63, 3.8) is 0 Å². The first-order valence-electron chi connectivity index (χ1n) is 39.1. The van der Waals surface area contributed by atoms with E-state index < -0.39 is 12.1 Å². The molecule has 0 aliphatic heterocycles. The lowest BCUT2D eigenvalue weighted by atomic mass is 10.0. The maximum Gasteiger partial charge on any atom is 0.305 e. The monoisotopic (exact) mass is 1200 g/mol. The normalized spacial score (nSPS) is 12.6. The van der Waals surface area contributed by atoms with Crippen LogP contribution in [0.1, 0.15) is 444 Å². The predicted octanol–water partition coefficient (Wildman–Crippen LogP) is 25.7. The maximum absolute atomic E-state index is 12.6. The molecule has 0 saturated heterocycles. The van der Waals surface area contributed by atoms with Crippen LogP contribution < -0.4 is 5.32 Å². The molecule has 0 aliphatic carbocycles. The molecule has 2 atom stereocenters. The SMILES string of the molecule is CCCCCCCCCCCCCCCCCCCCCCCCC/C=C/C(O)C(CO)NC(=O)CCCCCCCCCCCCCCCC/C=C\CCCCCCCCCCCCCCOC(=O)CCCCCCCCCCCCCCC. The molecule has 504 valence electrons. The molecule has 0 aromatic carbocycles. The first kappa shape index (κ1) is 83.3. The van der Waals surface area contributed by atoms with Gasteiger partial charge in [-0.25, -0.2) is 0 Å². The summed E-state index contributed by atoms with van der Waals surface area (Å²) in [6.45, 7) is 4.96. The van der Waals surface area contributed by atoms with E-state index in [1.807, 2.05) is 6.08 Å². The largest absolute Gasteiger partial charge is 0.466 e. The Hall–Kier alpha value is -1.66. The molecule has 0 fully saturated rings. The van der Waals surface area contributed by atoms with E-state index in [2.05, 4.69) is 31.3 Å². The fraction of sp³-hybridized carbons (Fsp3) is 0.924. The number of rotatable bonds is 74. The number of carbonyl (C=O) groups excluding carboxylic acids is 2. The van der Waals surface area contributed by atoms with Crippen molar-refractivity contribution in [2.75, 3.05) is 13.2 Å². The van der Waals surface area contributed by atoms with Crippen LogP contribution in [0.15, 0.2) is 24.3 Å². The van der Waals surface area contributed by atoms with Gasteiger partial charge >= 0.3 is 5.97 Å². The number of unbranched alkanes of at least 4 members (excludes halogenated alkanes) is 61. The molecule has 0 rings (SSSR count). The van der Waals surface area contributed by atoms with E-state index in [0.29, 0.717) is 19.4 Å². The summed E-state index contributed by atoms with van der Waals surface area (Å²) in [4.78, 5) is 24.6. The number of ether oxygens (including phenoxy) is 1. The molecular formula is C79H153NO5. The van der Waals surface area contributed by atoms with Gasteiger partial charge in [0.25, 0.3) is 0 Å². The molecule has 0 spiro atoms. The lowest BCUT2D eigenvalue weighted by Crippen LogP contribution is -2.45. The maximum atomic E-state index is 12.6. The Morgan fingerprint density at radius 2 is 0.553 bits per heavy atom. The molecular weight excluding hydrogens is 1040 g/mol.